The van der Waals surface area contributed by atoms with Crippen molar-refractivity contribution in [3.05, 3.63) is 52.5 Å². The number of fused-ring (bicyclic) bond motifs is 3. The average molecular weight is 1650 g/mol. The molecule has 0 radical (unpaired) electrons. The molecule has 592 valence electrons. The predicted molar refractivity (Wildman–Crippen MR) is 418 cm³/mol. The zero-order chi connectivity index (χ0) is 74.9. The van der Waals surface area contributed by atoms with Gasteiger partial charge in [0.1, 0.15) is 34.5 Å². The number of aromatic amines is 1. The van der Waals surface area contributed by atoms with Gasteiger partial charge in [-0.3, -0.25) is 14.6 Å². The van der Waals surface area contributed by atoms with Gasteiger partial charge in [0.25, 0.3) is 5.56 Å². The average Bonchev–Trinajstić information content (AvgIpc) is 1.57. The van der Waals surface area contributed by atoms with Crippen LogP contribution in [-0.4, -0.2) is 268 Å². The van der Waals surface area contributed by atoms with E-state index in [1.807, 2.05) is 89.8 Å². The first-order valence-corrected chi connectivity index (χ1v) is 51.1. The molecule has 5 saturated heterocycles. The number of nitrogens with one attached hydrogen (secondary N) is 3. The van der Waals surface area contributed by atoms with Gasteiger partial charge < -0.3 is 79.9 Å². The van der Waals surface area contributed by atoms with Gasteiger partial charge in [0.2, 0.25) is 0 Å². The van der Waals surface area contributed by atoms with Gasteiger partial charge in [0.05, 0.1) is 66.4 Å². The summed E-state index contributed by atoms with van der Waals surface area (Å²) in [6, 6.07) is 8.46. The quantitative estimate of drug-likeness (QED) is 0.0612. The molecule has 0 spiro atoms. The number of pyridine rings is 1. The van der Waals surface area contributed by atoms with Gasteiger partial charge >= 0.3 is 61.7 Å². The molecule has 105 heavy (non-hydrogen) atoms. The summed E-state index contributed by atoms with van der Waals surface area (Å²) in [5.41, 5.74) is 1.67. The molecule has 1 aromatic carbocycles. The van der Waals surface area contributed by atoms with Crippen molar-refractivity contribution in [1.29, 1.82) is 0 Å². The Labute approximate surface area is 646 Å². The second-order valence-corrected chi connectivity index (χ2v) is 54.0. The van der Waals surface area contributed by atoms with Crippen LogP contribution < -0.4 is 30.9 Å². The molecule has 2 amide bonds. The predicted octanol–water partition coefficient (Wildman–Crippen LogP) is 10.1. The number of benzene rings is 1. The minimum absolute atomic E-state index is 0. The molecule has 3 aromatic heterocycles. The van der Waals surface area contributed by atoms with Gasteiger partial charge in [0.15, 0.2) is 0 Å². The van der Waals surface area contributed by atoms with E-state index >= 15 is 0 Å². The maximum atomic E-state index is 12.1. The number of halogens is 5. The summed E-state index contributed by atoms with van der Waals surface area (Å²) in [6.07, 6.45) is 23.3. The Bertz CT molecular complexity index is 3370. The Hall–Kier alpha value is -3.28. The second kappa shape index (κ2) is 41.3. The van der Waals surface area contributed by atoms with Crippen molar-refractivity contribution in [2.45, 2.75) is 223 Å². The number of amides is 2. The van der Waals surface area contributed by atoms with E-state index < -0.39 is 21.1 Å². The van der Waals surface area contributed by atoms with Crippen LogP contribution in [0.15, 0.2) is 35.3 Å². The van der Waals surface area contributed by atoms with Crippen molar-refractivity contribution < 1.29 is 64.8 Å². The number of epoxide rings is 1. The minimum atomic E-state index is -3.29. The number of aromatic nitrogens is 5. The fraction of sp³-hybridized carbons (Fsp3) is 0.770. The normalized spacial score (nSPS) is 25.5. The molecule has 25 nitrogen and oxygen atoms in total. The van der Waals surface area contributed by atoms with E-state index in [4.69, 9.17) is 63.3 Å². The van der Waals surface area contributed by atoms with Crippen LogP contribution in [0.3, 0.4) is 0 Å². The Morgan fingerprint density at radius 3 is 1.57 bits per heavy atom. The number of carbonyl (C=O) groups excluding carboxylic acids is 2. The number of piperazine rings is 3. The third-order valence-corrected chi connectivity index (χ3v) is 21.2. The number of anilines is 3. The summed E-state index contributed by atoms with van der Waals surface area (Å²) in [7, 11) is 24.0. The number of rotatable bonds is 12. The first kappa shape index (κ1) is 87.3. The van der Waals surface area contributed by atoms with Crippen molar-refractivity contribution in [3.63, 3.8) is 0 Å². The van der Waals surface area contributed by atoms with Crippen LogP contribution in [0.4, 0.5) is 26.9 Å². The third kappa shape index (κ3) is 28.2. The Kier molecular flexibility index (Phi) is 34.3. The molecule has 6 aliphatic carbocycles. The van der Waals surface area contributed by atoms with Crippen LogP contribution in [0.5, 0.6) is 0 Å². The zero-order valence-corrected chi connectivity index (χ0v) is 69.5. The van der Waals surface area contributed by atoms with Crippen LogP contribution in [0.2, 0.25) is 0 Å². The van der Waals surface area contributed by atoms with Crippen molar-refractivity contribution in [3.8, 4) is 0 Å². The van der Waals surface area contributed by atoms with Gasteiger partial charge in [0, 0.05) is 154 Å². The molecule has 6 saturated carbocycles. The van der Waals surface area contributed by atoms with E-state index in [9.17, 15) is 34.8 Å². The van der Waals surface area contributed by atoms with E-state index in [0.717, 1.165) is 182 Å². The van der Waals surface area contributed by atoms with Gasteiger partial charge in [-0.2, -0.15) is 0 Å². The van der Waals surface area contributed by atoms with E-state index in [1.54, 1.807) is 9.80 Å². The topological polar surface area (TPSA) is 297 Å². The van der Waals surface area contributed by atoms with Crippen molar-refractivity contribution in [2.75, 3.05) is 147 Å². The molecule has 8 unspecified atom stereocenters. The fourth-order valence-electron chi connectivity index (χ4n) is 15.2. The molecule has 11 fully saturated rings. The van der Waals surface area contributed by atoms with Crippen molar-refractivity contribution in [1.82, 2.24) is 55.2 Å². The van der Waals surface area contributed by atoms with Gasteiger partial charge in [-0.25, -0.2) is 29.5 Å². The number of nitrogens with zero attached hydrogens (tertiary/aromatic N) is 11. The van der Waals surface area contributed by atoms with E-state index in [-0.39, 0.29) is 67.3 Å². The zero-order valence-electron chi connectivity index (χ0n) is 63.2. The first-order chi connectivity index (χ1) is 49.5. The monoisotopic (exact) mass is 1650 g/mol. The number of H-pyrrole nitrogens is 1. The van der Waals surface area contributed by atoms with E-state index in [1.165, 1.54) is 57.8 Å². The van der Waals surface area contributed by atoms with Crippen LogP contribution in [0.1, 0.15) is 181 Å². The first-order valence-electron chi connectivity index (χ1n) is 38.4. The summed E-state index contributed by atoms with van der Waals surface area (Å²) in [5, 5.41) is 56.3. The maximum absolute atomic E-state index is 12.1. The number of hydrogen-bond acceptors (Lipinski definition) is 22. The second-order valence-electron chi connectivity index (χ2n) is 31.7. The fourth-order valence-corrected chi connectivity index (χ4v) is 15.2. The molecule has 0 bridgehead atoms. The summed E-state index contributed by atoms with van der Waals surface area (Å²) in [5.74, 6) is 5.70. The Balaban J connectivity index is 0.000000164. The molecule has 31 heteroatoms. The third-order valence-electron chi connectivity index (χ3n) is 21.2. The molecule has 8 atom stereocenters. The molecule has 15 rings (SSSR count). The molecule has 11 aliphatic rings. The molecule has 8 N–H and O–H groups in total. The van der Waals surface area contributed by atoms with Gasteiger partial charge in [-0.15, -0.1) is 12.4 Å². The number of piperidine rings is 1. The number of likely N-dealkylation sites (N-methyl/N-ethyl adjacent to an activating group) is 2. The van der Waals surface area contributed by atoms with E-state index in [0.29, 0.717) is 79.5 Å². The summed E-state index contributed by atoms with van der Waals surface area (Å²) >= 11 is -3.29. The molecular formula is C74H121Cl5N14O11Zr. The standard InChI is InChI=1S/C23H33N5O2.C14H17N3O2.C14H26N2O3.C9H18N2O2.C9H18N2O.C5H8O.5ClH.Zr/c1-27(11-12-29)21-13-18-19(14-24-21)25-22(16-5-6-16)26-23(18)28-9-7-15(8-10-28)17-3-2-4-20(17)30;1-17(6-7-18)10-4-5-12-11(8-10)14(19)16-13(15-12)9-2-3-9;1-14(2,3)19-13(18)16-9-7-15(8-10-16)11-5-4-6-12(11)17;1-9(2,3)13-8(12)11-6-4-10-5-7-11;12-9-3-1-2-8(9)11-6-4-10-5-7-11;1-2-4-5(3-1)6-4;;;;;;/h13-17,20,29-30H,2-12H2,1H3;4-5,8-9,18H,2-3,6-7H2,1H3,(H,15,16,19);11-12,17H,4-10H2,1-3H3;10H,4-7H2,1-3H3;8-10,12H,1-7H2;4-5H,1-3H2;5*1H;/q;;;;;;;;;;;+4/p-4. The SMILES string of the molecule is C1CC2OC2C1.CC(C)(C)OC(=O)N1CCN(C2CCCC2O)CC1.CC(C)(C)OC(=O)N1CCNCC1.CN(CCO)c1cc2c(N3CCC(C4CCCC4O)CC3)nc(C3CC3)nc2cn1.CN(CCO)c1ccc2nc(C3CC3)[nH]c(=O)c2c1.Cl.OC1CCCC1N1CCNCC1.[Cl][Zr]([Cl])([Cl])[Cl]. The number of aliphatic hydroxyl groups excluding tert-OH is 5. The molecule has 4 aromatic rings. The van der Waals surface area contributed by atoms with Crippen molar-refractivity contribution in [2.24, 2.45) is 11.8 Å². The summed E-state index contributed by atoms with van der Waals surface area (Å²) in [4.78, 5) is 71.9. The molecular weight excluding hydrogens is 1530 g/mol. The number of carbonyl (C=O) groups is 2. The Morgan fingerprint density at radius 1 is 0.590 bits per heavy atom. The number of hydrogen-bond donors (Lipinski definition) is 8. The molecule has 8 heterocycles. The number of aliphatic hydroxyl groups is 5. The van der Waals surface area contributed by atoms with Crippen LogP contribution in [0.25, 0.3) is 21.8 Å². The van der Waals surface area contributed by atoms with Crippen molar-refractivity contribution >= 4 is 97.8 Å². The summed E-state index contributed by atoms with van der Waals surface area (Å²) in [6.45, 7) is 25.2. The summed E-state index contributed by atoms with van der Waals surface area (Å²) < 4.78 is 15.8. The number of ether oxygens (including phenoxy) is 3. The van der Waals surface area contributed by atoms with Crippen LogP contribution >= 0.6 is 46.5 Å². The van der Waals surface area contributed by atoms with Gasteiger partial charge in [-0.05, 0) is 187 Å². The van der Waals surface area contributed by atoms with Crippen LogP contribution in [-0.2, 0) is 29.7 Å². The van der Waals surface area contributed by atoms with E-state index in [2.05, 4.69) is 46.4 Å². The molecule has 5 aliphatic heterocycles. The Morgan fingerprint density at radius 2 is 1.10 bits per heavy atom. The van der Waals surface area contributed by atoms with Crippen LogP contribution in [0, 0.1) is 11.8 Å². The van der Waals surface area contributed by atoms with Gasteiger partial charge in [-0.1, -0.05) is 6.42 Å².